The van der Waals surface area contributed by atoms with Crippen molar-refractivity contribution in [3.8, 4) is 0 Å². The minimum absolute atomic E-state index is 0.258. The number of hydrogen-bond donors (Lipinski definition) is 2. The third-order valence-corrected chi connectivity index (χ3v) is 4.04. The summed E-state index contributed by atoms with van der Waals surface area (Å²) in [6.07, 6.45) is 2.80. The van der Waals surface area contributed by atoms with E-state index in [2.05, 4.69) is 5.10 Å². The van der Waals surface area contributed by atoms with Crippen LogP contribution >= 0.6 is 0 Å². The third-order valence-electron chi connectivity index (χ3n) is 4.04. The molecule has 1 aliphatic rings. The van der Waals surface area contributed by atoms with Crippen molar-refractivity contribution in [2.45, 2.75) is 25.9 Å². The van der Waals surface area contributed by atoms with E-state index >= 15 is 0 Å². The van der Waals surface area contributed by atoms with Crippen LogP contribution in [0.1, 0.15) is 30.2 Å². The lowest BCUT2D eigenvalue weighted by atomic mass is 9.73. The van der Waals surface area contributed by atoms with E-state index in [1.54, 1.807) is 10.9 Å². The number of aryl methyl sites for hydroxylation is 1. The van der Waals surface area contributed by atoms with Crippen molar-refractivity contribution in [1.82, 2.24) is 9.78 Å². The molecule has 2 rings (SSSR count). The van der Waals surface area contributed by atoms with Crippen molar-refractivity contribution < 1.29 is 9.84 Å². The summed E-state index contributed by atoms with van der Waals surface area (Å²) in [6.45, 7) is 3.79. The molecule has 5 heteroatoms. The number of ether oxygens (including phenoxy) is 1. The molecule has 0 bridgehead atoms. The van der Waals surface area contributed by atoms with E-state index in [1.165, 1.54) is 0 Å². The lowest BCUT2D eigenvalue weighted by Crippen LogP contribution is -2.41. The Bertz CT molecular complexity index is 383. The zero-order chi connectivity index (χ0) is 12.5. The molecule has 1 fully saturated rings. The number of nitrogens with zero attached hydrogens (tertiary/aromatic N) is 2. The summed E-state index contributed by atoms with van der Waals surface area (Å²) in [4.78, 5) is 0. The second-order valence-corrected chi connectivity index (χ2v) is 4.89. The molecule has 2 heterocycles. The summed E-state index contributed by atoms with van der Waals surface area (Å²) < 4.78 is 7.14. The highest BCUT2D eigenvalue weighted by molar-refractivity contribution is 5.21. The molecular weight excluding hydrogens is 218 g/mol. The summed E-state index contributed by atoms with van der Waals surface area (Å²) in [5.74, 6) is 0. The van der Waals surface area contributed by atoms with Gasteiger partial charge in [0, 0.05) is 43.5 Å². The Morgan fingerprint density at radius 3 is 2.71 bits per heavy atom. The Kier molecular flexibility index (Phi) is 3.51. The van der Waals surface area contributed by atoms with Gasteiger partial charge < -0.3 is 15.6 Å². The van der Waals surface area contributed by atoms with Crippen molar-refractivity contribution in [3.63, 3.8) is 0 Å². The van der Waals surface area contributed by atoms with Crippen LogP contribution in [0.4, 0.5) is 0 Å². The van der Waals surface area contributed by atoms with E-state index in [-0.39, 0.29) is 5.41 Å². The molecule has 0 amide bonds. The van der Waals surface area contributed by atoms with Crippen LogP contribution in [0.3, 0.4) is 0 Å². The molecule has 1 aromatic rings. The number of hydrogen-bond acceptors (Lipinski definition) is 4. The maximum Gasteiger partial charge on any atom is 0.0893 e. The van der Waals surface area contributed by atoms with Crippen LogP contribution in [0.5, 0.6) is 0 Å². The van der Waals surface area contributed by atoms with E-state index in [0.717, 1.165) is 24.1 Å². The minimum atomic E-state index is -0.551. The number of rotatable bonds is 3. The quantitative estimate of drug-likeness (QED) is 0.806. The molecule has 0 saturated carbocycles. The second kappa shape index (κ2) is 4.76. The summed E-state index contributed by atoms with van der Waals surface area (Å²) >= 11 is 0. The molecule has 17 heavy (non-hydrogen) atoms. The third kappa shape index (κ3) is 2.10. The average molecular weight is 239 g/mol. The Hall–Kier alpha value is -0.910. The summed E-state index contributed by atoms with van der Waals surface area (Å²) in [5.41, 5.74) is 7.52. The Labute approximate surface area is 102 Å². The van der Waals surface area contributed by atoms with Gasteiger partial charge in [-0.15, -0.1) is 0 Å². The summed E-state index contributed by atoms with van der Waals surface area (Å²) in [6, 6.07) is 0. The largest absolute Gasteiger partial charge is 0.388 e. The highest BCUT2D eigenvalue weighted by atomic mass is 16.5. The lowest BCUT2D eigenvalue weighted by molar-refractivity contribution is -0.0584. The van der Waals surface area contributed by atoms with Crippen LogP contribution in [0.15, 0.2) is 6.20 Å². The Balaban J connectivity index is 2.28. The van der Waals surface area contributed by atoms with E-state index in [0.29, 0.717) is 19.8 Å². The molecule has 0 radical (unpaired) electrons. The van der Waals surface area contributed by atoms with Gasteiger partial charge in [0.1, 0.15) is 0 Å². The first-order valence-corrected chi connectivity index (χ1v) is 6.05. The van der Waals surface area contributed by atoms with Crippen molar-refractivity contribution in [3.05, 3.63) is 17.5 Å². The van der Waals surface area contributed by atoms with E-state index in [9.17, 15) is 5.11 Å². The fraction of sp³-hybridized carbons (Fsp3) is 0.750. The van der Waals surface area contributed by atoms with Crippen molar-refractivity contribution in [2.24, 2.45) is 18.2 Å². The second-order valence-electron chi connectivity index (χ2n) is 4.89. The molecule has 1 aromatic heterocycles. The highest BCUT2D eigenvalue weighted by Crippen LogP contribution is 2.42. The molecule has 0 aromatic carbocycles. The van der Waals surface area contributed by atoms with E-state index < -0.39 is 6.10 Å². The van der Waals surface area contributed by atoms with E-state index in [4.69, 9.17) is 10.5 Å². The van der Waals surface area contributed by atoms with Crippen molar-refractivity contribution >= 4 is 0 Å². The molecule has 1 unspecified atom stereocenters. The van der Waals surface area contributed by atoms with Crippen LogP contribution < -0.4 is 5.73 Å². The first kappa shape index (κ1) is 12.5. The zero-order valence-corrected chi connectivity index (χ0v) is 10.5. The molecule has 1 saturated heterocycles. The molecular formula is C12H21N3O2. The topological polar surface area (TPSA) is 73.3 Å². The predicted octanol–water partition coefficient (Wildman–Crippen LogP) is 0.517. The summed E-state index contributed by atoms with van der Waals surface area (Å²) in [7, 11) is 1.88. The molecule has 96 valence electrons. The number of aliphatic hydroxyl groups excluding tert-OH is 1. The number of nitrogens with two attached hydrogens (primary N) is 1. The maximum atomic E-state index is 10.6. The van der Waals surface area contributed by atoms with E-state index in [1.807, 2.05) is 14.0 Å². The number of aromatic nitrogens is 2. The van der Waals surface area contributed by atoms with Crippen molar-refractivity contribution in [2.75, 3.05) is 19.8 Å². The summed E-state index contributed by atoms with van der Waals surface area (Å²) in [5, 5.41) is 14.8. The highest BCUT2D eigenvalue weighted by Gasteiger charge is 2.40. The van der Waals surface area contributed by atoms with Gasteiger partial charge >= 0.3 is 0 Å². The smallest absolute Gasteiger partial charge is 0.0893 e. The van der Waals surface area contributed by atoms with Gasteiger partial charge in [-0.2, -0.15) is 5.10 Å². The van der Waals surface area contributed by atoms with Gasteiger partial charge in [-0.3, -0.25) is 4.68 Å². The zero-order valence-electron chi connectivity index (χ0n) is 10.5. The Morgan fingerprint density at radius 1 is 1.59 bits per heavy atom. The normalized spacial score (nSPS) is 21.4. The Morgan fingerprint density at radius 2 is 2.24 bits per heavy atom. The van der Waals surface area contributed by atoms with Gasteiger partial charge in [0.2, 0.25) is 0 Å². The van der Waals surface area contributed by atoms with Crippen molar-refractivity contribution in [1.29, 1.82) is 0 Å². The van der Waals surface area contributed by atoms with Crippen LogP contribution in [0, 0.1) is 12.3 Å². The van der Waals surface area contributed by atoms with Gasteiger partial charge in [0.05, 0.1) is 12.3 Å². The van der Waals surface area contributed by atoms with Gasteiger partial charge in [-0.25, -0.2) is 0 Å². The van der Waals surface area contributed by atoms with Gasteiger partial charge in [0.25, 0.3) is 0 Å². The minimum Gasteiger partial charge on any atom is -0.388 e. The van der Waals surface area contributed by atoms with Crippen LogP contribution in [-0.4, -0.2) is 34.6 Å². The molecule has 0 aliphatic carbocycles. The molecule has 1 atom stereocenters. The number of aliphatic hydroxyl groups is 1. The predicted molar refractivity (Wildman–Crippen MR) is 64.4 cm³/mol. The fourth-order valence-electron chi connectivity index (χ4n) is 2.48. The monoisotopic (exact) mass is 239 g/mol. The van der Waals surface area contributed by atoms with Gasteiger partial charge in [-0.05, 0) is 19.8 Å². The first-order chi connectivity index (χ1) is 8.10. The van der Waals surface area contributed by atoms with Gasteiger partial charge in [-0.1, -0.05) is 0 Å². The molecule has 0 spiro atoms. The standard InChI is InChI=1S/C12H21N3O2/c1-9-10(7-14-15(9)2)11(16)12(8-13)3-5-17-6-4-12/h7,11,16H,3-6,8,13H2,1-2H3. The lowest BCUT2D eigenvalue weighted by Gasteiger charge is -2.40. The molecule has 3 N–H and O–H groups in total. The fourth-order valence-corrected chi connectivity index (χ4v) is 2.48. The molecule has 1 aliphatic heterocycles. The maximum absolute atomic E-state index is 10.6. The molecule has 5 nitrogen and oxygen atoms in total. The van der Waals surface area contributed by atoms with Crippen LogP contribution in [0.25, 0.3) is 0 Å². The van der Waals surface area contributed by atoms with Crippen LogP contribution in [0.2, 0.25) is 0 Å². The SMILES string of the molecule is Cc1c(C(O)C2(CN)CCOCC2)cnn1C. The average Bonchev–Trinajstić information content (AvgIpc) is 2.70. The first-order valence-electron chi connectivity index (χ1n) is 6.05. The van der Waals surface area contributed by atoms with Gasteiger partial charge in [0.15, 0.2) is 0 Å². The van der Waals surface area contributed by atoms with Crippen LogP contribution in [-0.2, 0) is 11.8 Å².